The molecule has 138 valence electrons. The second kappa shape index (κ2) is 8.83. The zero-order valence-electron chi connectivity index (χ0n) is 14.7. The maximum atomic E-state index is 12.5. The molecule has 27 heavy (non-hydrogen) atoms. The van der Waals surface area contributed by atoms with Gasteiger partial charge < -0.3 is 9.47 Å². The number of nitrogens with zero attached hydrogens (tertiary/aromatic N) is 1. The molecule has 0 aliphatic rings. The van der Waals surface area contributed by atoms with Gasteiger partial charge in [0.15, 0.2) is 11.5 Å². The number of esters is 1. The number of methoxy groups -OCH3 is 1. The van der Waals surface area contributed by atoms with Crippen molar-refractivity contribution in [2.75, 3.05) is 7.11 Å². The van der Waals surface area contributed by atoms with E-state index in [1.54, 1.807) is 48.5 Å². The Morgan fingerprint density at radius 1 is 1.11 bits per heavy atom. The Bertz CT molecular complexity index is 1030. The van der Waals surface area contributed by atoms with Gasteiger partial charge in [0.1, 0.15) is 11.0 Å². The van der Waals surface area contributed by atoms with Gasteiger partial charge in [0.2, 0.25) is 9.84 Å². The monoisotopic (exact) mass is 383 g/mol. The summed E-state index contributed by atoms with van der Waals surface area (Å²) in [5.41, 5.74) is 0.674. The van der Waals surface area contributed by atoms with Gasteiger partial charge in [0.05, 0.1) is 12.0 Å². The van der Waals surface area contributed by atoms with Crippen molar-refractivity contribution in [1.82, 2.24) is 0 Å². The highest BCUT2D eigenvalue weighted by Crippen LogP contribution is 2.28. The maximum absolute atomic E-state index is 12.5. The summed E-state index contributed by atoms with van der Waals surface area (Å²) in [6, 6.07) is 14.3. The predicted molar refractivity (Wildman–Crippen MR) is 101 cm³/mol. The standard InChI is InChI=1S/C20H17NO5S/c1-15(22)26-19-12-11-16(13-20(19)25-2)7-6-10-18(14-21)27(23,24)17-8-4-3-5-9-17/h3-13H,1-2H3/b7-6+,18-10+. The van der Waals surface area contributed by atoms with E-state index in [-0.39, 0.29) is 15.6 Å². The van der Waals surface area contributed by atoms with Gasteiger partial charge in [-0.3, -0.25) is 4.79 Å². The van der Waals surface area contributed by atoms with Crippen LogP contribution in [0.5, 0.6) is 11.5 Å². The molecule has 2 aromatic carbocycles. The lowest BCUT2D eigenvalue weighted by Crippen LogP contribution is -2.03. The second-order valence-corrected chi connectivity index (χ2v) is 7.24. The average molecular weight is 383 g/mol. The van der Waals surface area contributed by atoms with E-state index in [2.05, 4.69) is 0 Å². The third-order valence-electron chi connectivity index (χ3n) is 3.43. The lowest BCUT2D eigenvalue weighted by molar-refractivity contribution is -0.132. The van der Waals surface area contributed by atoms with Crippen molar-refractivity contribution in [1.29, 1.82) is 5.26 Å². The summed E-state index contributed by atoms with van der Waals surface area (Å²) in [4.78, 5) is 10.8. The Labute approximate surface area is 157 Å². The van der Waals surface area contributed by atoms with Gasteiger partial charge in [-0.05, 0) is 35.9 Å². The van der Waals surface area contributed by atoms with Gasteiger partial charge in [-0.25, -0.2) is 8.42 Å². The van der Waals surface area contributed by atoms with E-state index in [0.717, 1.165) is 0 Å². The van der Waals surface area contributed by atoms with Crippen molar-refractivity contribution >= 4 is 21.9 Å². The number of hydrogen-bond acceptors (Lipinski definition) is 6. The number of benzene rings is 2. The molecule has 6 nitrogen and oxygen atoms in total. The first kappa shape index (κ1) is 19.9. The van der Waals surface area contributed by atoms with Crippen molar-refractivity contribution < 1.29 is 22.7 Å². The summed E-state index contributed by atoms with van der Waals surface area (Å²) in [5, 5.41) is 9.22. The zero-order chi connectivity index (χ0) is 19.9. The van der Waals surface area contributed by atoms with Gasteiger partial charge in [0.25, 0.3) is 0 Å². The lowest BCUT2D eigenvalue weighted by atomic mass is 10.2. The van der Waals surface area contributed by atoms with Gasteiger partial charge in [-0.2, -0.15) is 5.26 Å². The Morgan fingerprint density at radius 2 is 1.81 bits per heavy atom. The quantitative estimate of drug-likeness (QED) is 0.328. The first-order valence-electron chi connectivity index (χ1n) is 7.83. The van der Waals surface area contributed by atoms with Crippen LogP contribution in [0, 0.1) is 11.3 Å². The van der Waals surface area contributed by atoms with Crippen LogP contribution in [0.4, 0.5) is 0 Å². The molecule has 0 saturated heterocycles. The number of nitriles is 1. The van der Waals surface area contributed by atoms with Crippen LogP contribution in [0.15, 0.2) is 70.5 Å². The highest BCUT2D eigenvalue weighted by atomic mass is 32.2. The fraction of sp³-hybridized carbons (Fsp3) is 0.100. The molecular formula is C20H17NO5S. The van der Waals surface area contributed by atoms with E-state index in [1.165, 1.54) is 38.3 Å². The maximum Gasteiger partial charge on any atom is 0.308 e. The molecular weight excluding hydrogens is 366 g/mol. The Kier molecular flexibility index (Phi) is 6.52. The molecule has 7 heteroatoms. The fourth-order valence-corrected chi connectivity index (χ4v) is 3.33. The molecule has 0 amide bonds. The Balaban J connectivity index is 2.29. The van der Waals surface area contributed by atoms with Crippen LogP contribution in [0.2, 0.25) is 0 Å². The summed E-state index contributed by atoms with van der Waals surface area (Å²) < 4.78 is 35.1. The number of carbonyl (C=O) groups excluding carboxylic acids is 1. The first-order chi connectivity index (χ1) is 12.9. The molecule has 0 spiro atoms. The zero-order valence-corrected chi connectivity index (χ0v) is 15.6. The van der Waals surface area contributed by atoms with Gasteiger partial charge in [-0.15, -0.1) is 0 Å². The van der Waals surface area contributed by atoms with Crippen LogP contribution in [0.25, 0.3) is 6.08 Å². The van der Waals surface area contributed by atoms with Crippen molar-refractivity contribution in [3.8, 4) is 17.6 Å². The van der Waals surface area contributed by atoms with E-state index in [4.69, 9.17) is 9.47 Å². The van der Waals surface area contributed by atoms with Gasteiger partial charge in [-0.1, -0.05) is 36.4 Å². The topological polar surface area (TPSA) is 93.5 Å². The molecule has 0 saturated carbocycles. The summed E-state index contributed by atoms with van der Waals surface area (Å²) in [6.45, 7) is 1.29. The van der Waals surface area contributed by atoms with Crippen LogP contribution >= 0.6 is 0 Å². The molecule has 2 rings (SSSR count). The van der Waals surface area contributed by atoms with Gasteiger partial charge in [0, 0.05) is 6.92 Å². The second-order valence-electron chi connectivity index (χ2n) is 5.32. The summed E-state index contributed by atoms with van der Waals surface area (Å²) >= 11 is 0. The summed E-state index contributed by atoms with van der Waals surface area (Å²) in [7, 11) is -2.43. The number of allylic oxidation sites excluding steroid dienone is 3. The molecule has 0 aliphatic carbocycles. The molecule has 0 atom stereocenters. The van der Waals surface area contributed by atoms with E-state index < -0.39 is 15.8 Å². The van der Waals surface area contributed by atoms with E-state index in [9.17, 15) is 18.5 Å². The largest absolute Gasteiger partial charge is 0.493 e. The molecule has 0 radical (unpaired) electrons. The molecule has 0 unspecified atom stereocenters. The number of carbonyl (C=O) groups is 1. The van der Waals surface area contributed by atoms with Crippen molar-refractivity contribution in [2.24, 2.45) is 0 Å². The average Bonchev–Trinajstić information content (AvgIpc) is 2.66. The molecule has 0 fully saturated rings. The number of ether oxygens (including phenoxy) is 2. The normalized spacial score (nSPS) is 11.8. The molecule has 0 aliphatic heterocycles. The minimum absolute atomic E-state index is 0.0543. The molecule has 2 aromatic rings. The first-order valence-corrected chi connectivity index (χ1v) is 9.32. The third kappa shape index (κ3) is 5.06. The van der Waals surface area contributed by atoms with Crippen molar-refractivity contribution in [2.45, 2.75) is 11.8 Å². The number of hydrogen-bond donors (Lipinski definition) is 0. The molecule has 0 bridgehead atoms. The smallest absolute Gasteiger partial charge is 0.308 e. The van der Waals surface area contributed by atoms with Crippen LogP contribution in [0.1, 0.15) is 12.5 Å². The lowest BCUT2D eigenvalue weighted by Gasteiger charge is -2.08. The Hall–Kier alpha value is -3.37. The highest BCUT2D eigenvalue weighted by molar-refractivity contribution is 7.95. The number of rotatable bonds is 6. The number of sulfone groups is 1. The van der Waals surface area contributed by atoms with Crippen molar-refractivity contribution in [3.05, 3.63) is 71.2 Å². The van der Waals surface area contributed by atoms with E-state index >= 15 is 0 Å². The summed E-state index contributed by atoms with van der Waals surface area (Å²) in [6.07, 6.45) is 4.30. The minimum Gasteiger partial charge on any atom is -0.493 e. The van der Waals surface area contributed by atoms with E-state index in [0.29, 0.717) is 11.3 Å². The predicted octanol–water partition coefficient (Wildman–Crippen LogP) is 3.52. The molecule has 0 aromatic heterocycles. The SMILES string of the molecule is COc1cc(/C=C/C=C(\C#N)S(=O)(=O)c2ccccc2)ccc1OC(C)=O. The van der Waals surface area contributed by atoms with Crippen LogP contribution in [0.3, 0.4) is 0 Å². The minimum atomic E-state index is -3.87. The highest BCUT2D eigenvalue weighted by Gasteiger charge is 2.19. The van der Waals surface area contributed by atoms with Crippen LogP contribution in [-0.2, 0) is 14.6 Å². The molecule has 0 heterocycles. The van der Waals surface area contributed by atoms with Crippen LogP contribution in [-0.4, -0.2) is 21.5 Å². The summed E-state index contributed by atoms with van der Waals surface area (Å²) in [5.74, 6) is 0.167. The van der Waals surface area contributed by atoms with Gasteiger partial charge >= 0.3 is 5.97 Å². The van der Waals surface area contributed by atoms with Crippen molar-refractivity contribution in [3.63, 3.8) is 0 Å². The third-order valence-corrected chi connectivity index (χ3v) is 5.13. The Morgan fingerprint density at radius 3 is 2.41 bits per heavy atom. The van der Waals surface area contributed by atoms with E-state index in [1.807, 2.05) is 0 Å². The molecule has 0 N–H and O–H groups in total. The van der Waals surface area contributed by atoms with Crippen LogP contribution < -0.4 is 9.47 Å². The fourth-order valence-electron chi connectivity index (χ4n) is 2.19.